The SMILES string of the molecule is COC(=O)C1=C(C(=O)OC)N(c2ccc(OC(F)F)c(Cl)c2)C=CC=C1. The van der Waals surface area contributed by atoms with Crippen LogP contribution in [0.15, 0.2) is 53.9 Å². The topological polar surface area (TPSA) is 65.1 Å². The minimum atomic E-state index is -3.03. The number of methoxy groups -OCH3 is 2. The molecular weight excluding hydrogens is 372 g/mol. The first-order chi connectivity index (χ1) is 12.4. The highest BCUT2D eigenvalue weighted by Crippen LogP contribution is 2.33. The van der Waals surface area contributed by atoms with Gasteiger partial charge in [0.15, 0.2) is 0 Å². The summed E-state index contributed by atoms with van der Waals surface area (Å²) in [6, 6.07) is 3.94. The lowest BCUT2D eigenvalue weighted by atomic mass is 10.1. The molecule has 0 bridgehead atoms. The molecule has 0 radical (unpaired) electrons. The van der Waals surface area contributed by atoms with Crippen molar-refractivity contribution in [2.45, 2.75) is 6.61 Å². The number of alkyl halides is 2. The normalized spacial score (nSPS) is 13.7. The Balaban J connectivity index is 2.56. The Morgan fingerprint density at radius 3 is 2.38 bits per heavy atom. The van der Waals surface area contributed by atoms with Crippen molar-refractivity contribution < 1.29 is 32.6 Å². The van der Waals surface area contributed by atoms with Crippen molar-refractivity contribution in [1.82, 2.24) is 0 Å². The number of ether oxygens (including phenoxy) is 3. The molecule has 9 heteroatoms. The third-order valence-corrected chi connectivity index (χ3v) is 3.59. The van der Waals surface area contributed by atoms with Crippen LogP contribution in [0.1, 0.15) is 0 Å². The number of carbonyl (C=O) groups is 2. The minimum Gasteiger partial charge on any atom is -0.465 e. The number of rotatable bonds is 5. The molecule has 0 aliphatic carbocycles. The van der Waals surface area contributed by atoms with Gasteiger partial charge in [0.2, 0.25) is 0 Å². The van der Waals surface area contributed by atoms with Gasteiger partial charge in [-0.1, -0.05) is 17.7 Å². The zero-order valence-corrected chi connectivity index (χ0v) is 14.5. The van der Waals surface area contributed by atoms with Crippen LogP contribution in [0.5, 0.6) is 5.75 Å². The highest BCUT2D eigenvalue weighted by molar-refractivity contribution is 6.32. The molecular formula is C17H14ClF2NO5. The summed E-state index contributed by atoms with van der Waals surface area (Å²) in [6.45, 7) is -3.03. The maximum Gasteiger partial charge on any atom is 0.387 e. The third-order valence-electron chi connectivity index (χ3n) is 3.30. The first-order valence-electron chi connectivity index (χ1n) is 7.18. The smallest absolute Gasteiger partial charge is 0.387 e. The highest BCUT2D eigenvalue weighted by atomic mass is 35.5. The van der Waals surface area contributed by atoms with Crippen molar-refractivity contribution in [2.75, 3.05) is 19.1 Å². The third kappa shape index (κ3) is 4.20. The predicted molar refractivity (Wildman–Crippen MR) is 89.9 cm³/mol. The molecule has 1 heterocycles. The van der Waals surface area contributed by atoms with Crippen LogP contribution in [0.4, 0.5) is 14.5 Å². The van der Waals surface area contributed by atoms with Crippen molar-refractivity contribution in [3.05, 3.63) is 58.9 Å². The quantitative estimate of drug-likeness (QED) is 0.723. The lowest BCUT2D eigenvalue weighted by Crippen LogP contribution is -2.27. The Kier molecular flexibility index (Phi) is 6.35. The summed E-state index contributed by atoms with van der Waals surface area (Å²) >= 11 is 5.97. The fourth-order valence-corrected chi connectivity index (χ4v) is 2.42. The minimum absolute atomic E-state index is 0.0478. The largest absolute Gasteiger partial charge is 0.465 e. The van der Waals surface area contributed by atoms with Crippen molar-refractivity contribution in [2.24, 2.45) is 0 Å². The summed E-state index contributed by atoms with van der Waals surface area (Å²) < 4.78 is 38.5. The summed E-state index contributed by atoms with van der Waals surface area (Å²) in [5.41, 5.74) is 0.148. The van der Waals surface area contributed by atoms with Gasteiger partial charge in [0.05, 0.1) is 24.8 Å². The predicted octanol–water partition coefficient (Wildman–Crippen LogP) is 3.43. The number of anilines is 1. The van der Waals surface area contributed by atoms with Gasteiger partial charge in [0.1, 0.15) is 11.4 Å². The van der Waals surface area contributed by atoms with E-state index in [0.29, 0.717) is 5.69 Å². The lowest BCUT2D eigenvalue weighted by molar-refractivity contribution is -0.139. The molecule has 0 atom stereocenters. The van der Waals surface area contributed by atoms with Gasteiger partial charge >= 0.3 is 18.6 Å². The second-order valence-corrected chi connectivity index (χ2v) is 5.22. The van der Waals surface area contributed by atoms with Crippen LogP contribution >= 0.6 is 11.6 Å². The van der Waals surface area contributed by atoms with Crippen LogP contribution in [0.25, 0.3) is 0 Å². The Bertz CT molecular complexity index is 804. The number of allylic oxidation sites excluding steroid dienone is 2. The van der Waals surface area contributed by atoms with E-state index in [9.17, 15) is 18.4 Å². The zero-order valence-electron chi connectivity index (χ0n) is 13.7. The van der Waals surface area contributed by atoms with E-state index in [-0.39, 0.29) is 22.0 Å². The molecule has 138 valence electrons. The van der Waals surface area contributed by atoms with Gasteiger partial charge in [0.25, 0.3) is 0 Å². The van der Waals surface area contributed by atoms with E-state index in [1.165, 1.54) is 48.6 Å². The highest BCUT2D eigenvalue weighted by Gasteiger charge is 2.27. The molecule has 1 aliphatic rings. The Labute approximate surface area is 152 Å². The Morgan fingerprint density at radius 2 is 1.81 bits per heavy atom. The van der Waals surface area contributed by atoms with E-state index >= 15 is 0 Å². The van der Waals surface area contributed by atoms with Gasteiger partial charge in [0, 0.05) is 11.9 Å². The molecule has 26 heavy (non-hydrogen) atoms. The van der Waals surface area contributed by atoms with Gasteiger partial charge in [-0.25, -0.2) is 9.59 Å². The van der Waals surface area contributed by atoms with Crippen LogP contribution < -0.4 is 9.64 Å². The van der Waals surface area contributed by atoms with Gasteiger partial charge in [-0.2, -0.15) is 8.78 Å². The Hall–Kier alpha value is -2.87. The fraction of sp³-hybridized carbons (Fsp3) is 0.176. The van der Waals surface area contributed by atoms with Crippen LogP contribution in [-0.4, -0.2) is 32.8 Å². The molecule has 0 unspecified atom stereocenters. The average molecular weight is 386 g/mol. The van der Waals surface area contributed by atoms with E-state index in [1.54, 1.807) is 6.08 Å². The molecule has 0 fully saturated rings. The maximum atomic E-state index is 12.4. The average Bonchev–Trinajstić information content (AvgIpc) is 2.84. The van der Waals surface area contributed by atoms with Crippen LogP contribution in [0, 0.1) is 0 Å². The number of carbonyl (C=O) groups excluding carboxylic acids is 2. The first kappa shape index (κ1) is 19.5. The molecule has 1 aromatic rings. The number of halogens is 3. The summed E-state index contributed by atoms with van der Waals surface area (Å²) in [4.78, 5) is 25.7. The van der Waals surface area contributed by atoms with E-state index < -0.39 is 18.6 Å². The van der Waals surface area contributed by atoms with E-state index in [2.05, 4.69) is 4.74 Å². The van der Waals surface area contributed by atoms with Crippen molar-refractivity contribution in [3.63, 3.8) is 0 Å². The number of hydrogen-bond donors (Lipinski definition) is 0. The maximum absolute atomic E-state index is 12.4. The van der Waals surface area contributed by atoms with E-state index in [1.807, 2.05) is 0 Å². The number of esters is 2. The summed E-state index contributed by atoms with van der Waals surface area (Å²) in [6.07, 6.45) is 5.98. The molecule has 6 nitrogen and oxygen atoms in total. The summed E-state index contributed by atoms with van der Waals surface area (Å²) in [5.74, 6) is -1.77. The molecule has 0 aromatic heterocycles. The zero-order chi connectivity index (χ0) is 19.3. The first-order valence-corrected chi connectivity index (χ1v) is 7.56. The summed E-state index contributed by atoms with van der Waals surface area (Å²) in [7, 11) is 2.33. The number of hydrogen-bond acceptors (Lipinski definition) is 6. The molecule has 0 amide bonds. The lowest BCUT2D eigenvalue weighted by Gasteiger charge is -2.23. The molecule has 0 saturated heterocycles. The van der Waals surface area contributed by atoms with E-state index in [4.69, 9.17) is 21.1 Å². The van der Waals surface area contributed by atoms with Crippen molar-refractivity contribution in [3.8, 4) is 5.75 Å². The molecule has 0 N–H and O–H groups in total. The Morgan fingerprint density at radius 1 is 1.12 bits per heavy atom. The van der Waals surface area contributed by atoms with Gasteiger partial charge in [-0.15, -0.1) is 0 Å². The second-order valence-electron chi connectivity index (χ2n) is 4.81. The van der Waals surface area contributed by atoms with Crippen molar-refractivity contribution in [1.29, 1.82) is 0 Å². The van der Waals surface area contributed by atoms with E-state index in [0.717, 1.165) is 7.11 Å². The monoisotopic (exact) mass is 385 g/mol. The van der Waals surface area contributed by atoms with Gasteiger partial charge < -0.3 is 19.1 Å². The second kappa shape index (κ2) is 8.48. The van der Waals surface area contributed by atoms with Crippen LogP contribution in [0.2, 0.25) is 5.02 Å². The molecule has 2 rings (SSSR count). The molecule has 1 aliphatic heterocycles. The van der Waals surface area contributed by atoms with Crippen LogP contribution in [-0.2, 0) is 19.1 Å². The molecule has 0 saturated carbocycles. The van der Waals surface area contributed by atoms with Gasteiger partial charge in [-0.3, -0.25) is 0 Å². The summed E-state index contributed by atoms with van der Waals surface area (Å²) in [5, 5.41) is -0.0998. The van der Waals surface area contributed by atoms with Crippen molar-refractivity contribution >= 4 is 29.2 Å². The number of benzene rings is 1. The molecule has 0 spiro atoms. The van der Waals surface area contributed by atoms with Gasteiger partial charge in [-0.05, 0) is 30.4 Å². The molecule has 1 aromatic carbocycles. The van der Waals surface area contributed by atoms with Crippen LogP contribution in [0.3, 0.4) is 0 Å². The standard InChI is InChI=1S/C17H14ClF2NO5/c1-24-15(22)11-5-3-4-8-21(14(11)16(23)25-2)10-6-7-13(12(18)9-10)26-17(19)20/h3-9,17H,1-2H3. The number of nitrogens with zero attached hydrogens (tertiary/aromatic N) is 1. The fourth-order valence-electron chi connectivity index (χ4n) is 2.20.